The fourth-order valence-electron chi connectivity index (χ4n) is 1.68. The average molecular weight is 275 g/mol. The summed E-state index contributed by atoms with van der Waals surface area (Å²) in [6.45, 7) is 3.38. The van der Waals surface area contributed by atoms with E-state index in [1.807, 2.05) is 19.1 Å². The Hall–Kier alpha value is -2.41. The minimum Gasteiger partial charge on any atom is -0.492 e. The number of rotatable bonds is 6. The topological polar surface area (TPSA) is 95.1 Å². The van der Waals surface area contributed by atoms with Gasteiger partial charge in [-0.2, -0.15) is 0 Å². The molecule has 0 saturated carbocycles. The SMILES string of the molecule is CCOc1ccccc1NC(=O)c1cn(CCN)nn1. The maximum atomic E-state index is 12.1. The van der Waals surface area contributed by atoms with Crippen molar-refractivity contribution < 1.29 is 9.53 Å². The molecule has 0 aliphatic rings. The zero-order valence-corrected chi connectivity index (χ0v) is 11.2. The second-order valence-corrected chi connectivity index (χ2v) is 4.04. The Morgan fingerprint density at radius 3 is 3.00 bits per heavy atom. The first kappa shape index (κ1) is 14.0. The van der Waals surface area contributed by atoms with E-state index in [0.29, 0.717) is 31.1 Å². The van der Waals surface area contributed by atoms with Crippen molar-refractivity contribution in [3.05, 3.63) is 36.2 Å². The van der Waals surface area contributed by atoms with E-state index >= 15 is 0 Å². The molecular formula is C13H17N5O2. The van der Waals surface area contributed by atoms with Crippen LogP contribution in [0.2, 0.25) is 0 Å². The van der Waals surface area contributed by atoms with Crippen LogP contribution in [0.3, 0.4) is 0 Å². The number of nitrogens with two attached hydrogens (primary N) is 1. The lowest BCUT2D eigenvalue weighted by Crippen LogP contribution is -2.13. The van der Waals surface area contributed by atoms with Gasteiger partial charge in [-0.1, -0.05) is 17.3 Å². The van der Waals surface area contributed by atoms with Gasteiger partial charge in [0.15, 0.2) is 5.69 Å². The van der Waals surface area contributed by atoms with Crippen LogP contribution in [-0.4, -0.2) is 34.1 Å². The third-order valence-corrected chi connectivity index (χ3v) is 2.56. The first-order chi connectivity index (χ1) is 9.74. The number of ether oxygens (including phenoxy) is 1. The normalized spacial score (nSPS) is 10.3. The van der Waals surface area contributed by atoms with Crippen molar-refractivity contribution in [2.75, 3.05) is 18.5 Å². The Labute approximate surface area is 116 Å². The number of anilines is 1. The summed E-state index contributed by atoms with van der Waals surface area (Å²) < 4.78 is 6.98. The molecule has 20 heavy (non-hydrogen) atoms. The molecule has 0 bridgehead atoms. The highest BCUT2D eigenvalue weighted by molar-refractivity contribution is 6.03. The predicted octanol–water partition coefficient (Wildman–Crippen LogP) is 0.888. The van der Waals surface area contributed by atoms with Gasteiger partial charge in [-0.05, 0) is 19.1 Å². The van der Waals surface area contributed by atoms with Crippen molar-refractivity contribution in [3.8, 4) is 5.75 Å². The van der Waals surface area contributed by atoms with Gasteiger partial charge in [0, 0.05) is 6.54 Å². The Balaban J connectivity index is 2.10. The van der Waals surface area contributed by atoms with Crippen molar-refractivity contribution >= 4 is 11.6 Å². The number of nitrogens with one attached hydrogen (secondary N) is 1. The molecule has 1 heterocycles. The van der Waals surface area contributed by atoms with Crippen LogP contribution in [0.1, 0.15) is 17.4 Å². The fraction of sp³-hybridized carbons (Fsp3) is 0.308. The molecule has 0 saturated heterocycles. The number of carbonyl (C=O) groups is 1. The molecule has 3 N–H and O–H groups in total. The summed E-state index contributed by atoms with van der Waals surface area (Å²) in [5.74, 6) is 0.290. The number of aromatic nitrogens is 3. The molecule has 0 unspecified atom stereocenters. The molecule has 0 radical (unpaired) electrons. The van der Waals surface area contributed by atoms with Crippen molar-refractivity contribution in [3.63, 3.8) is 0 Å². The van der Waals surface area contributed by atoms with Crippen molar-refractivity contribution in [1.82, 2.24) is 15.0 Å². The Bertz CT molecular complexity index is 582. The van der Waals surface area contributed by atoms with Crippen LogP contribution in [0.4, 0.5) is 5.69 Å². The number of carbonyl (C=O) groups excluding carboxylic acids is 1. The second kappa shape index (κ2) is 6.67. The largest absolute Gasteiger partial charge is 0.492 e. The van der Waals surface area contributed by atoms with Gasteiger partial charge in [0.05, 0.1) is 25.0 Å². The van der Waals surface area contributed by atoms with Crippen LogP contribution in [0.15, 0.2) is 30.5 Å². The van der Waals surface area contributed by atoms with E-state index in [-0.39, 0.29) is 11.6 Å². The summed E-state index contributed by atoms with van der Waals surface area (Å²) in [6, 6.07) is 7.24. The molecule has 7 heteroatoms. The zero-order valence-electron chi connectivity index (χ0n) is 11.2. The molecule has 0 aliphatic carbocycles. The van der Waals surface area contributed by atoms with Crippen molar-refractivity contribution in [1.29, 1.82) is 0 Å². The highest BCUT2D eigenvalue weighted by Gasteiger charge is 2.13. The van der Waals surface area contributed by atoms with Crippen LogP contribution in [0.25, 0.3) is 0 Å². The van der Waals surface area contributed by atoms with E-state index in [9.17, 15) is 4.79 Å². The monoisotopic (exact) mass is 275 g/mol. The van der Waals surface area contributed by atoms with E-state index in [4.69, 9.17) is 10.5 Å². The van der Waals surface area contributed by atoms with Gasteiger partial charge in [-0.25, -0.2) is 0 Å². The summed E-state index contributed by atoms with van der Waals surface area (Å²) >= 11 is 0. The fourth-order valence-corrected chi connectivity index (χ4v) is 1.68. The quantitative estimate of drug-likeness (QED) is 0.816. The van der Waals surface area contributed by atoms with E-state index in [1.165, 1.54) is 4.68 Å². The molecule has 2 aromatic rings. The molecule has 0 spiro atoms. The van der Waals surface area contributed by atoms with Gasteiger partial charge in [-0.15, -0.1) is 5.10 Å². The molecule has 7 nitrogen and oxygen atoms in total. The van der Waals surface area contributed by atoms with Crippen LogP contribution < -0.4 is 15.8 Å². The molecule has 0 atom stereocenters. The number of hydrogen-bond donors (Lipinski definition) is 2. The zero-order chi connectivity index (χ0) is 14.4. The third kappa shape index (κ3) is 3.33. The number of nitrogens with zero attached hydrogens (tertiary/aromatic N) is 3. The molecule has 1 aromatic heterocycles. The smallest absolute Gasteiger partial charge is 0.277 e. The van der Waals surface area contributed by atoms with Gasteiger partial charge < -0.3 is 15.8 Å². The Morgan fingerprint density at radius 1 is 1.45 bits per heavy atom. The number of benzene rings is 1. The lowest BCUT2D eigenvalue weighted by molar-refractivity contribution is 0.102. The number of amides is 1. The number of para-hydroxylation sites is 2. The van der Waals surface area contributed by atoms with Crippen LogP contribution >= 0.6 is 0 Å². The number of hydrogen-bond acceptors (Lipinski definition) is 5. The summed E-state index contributed by atoms with van der Waals surface area (Å²) in [6.07, 6.45) is 1.56. The van der Waals surface area contributed by atoms with Crippen molar-refractivity contribution in [2.24, 2.45) is 5.73 Å². The Morgan fingerprint density at radius 2 is 2.25 bits per heavy atom. The van der Waals surface area contributed by atoms with Gasteiger partial charge in [0.2, 0.25) is 0 Å². The van der Waals surface area contributed by atoms with Gasteiger partial charge >= 0.3 is 0 Å². The highest BCUT2D eigenvalue weighted by atomic mass is 16.5. The highest BCUT2D eigenvalue weighted by Crippen LogP contribution is 2.23. The maximum absolute atomic E-state index is 12.1. The summed E-state index contributed by atoms with van der Waals surface area (Å²) in [5, 5.41) is 10.4. The predicted molar refractivity (Wildman–Crippen MR) is 74.6 cm³/mol. The molecule has 1 amide bonds. The molecule has 1 aromatic carbocycles. The van der Waals surface area contributed by atoms with Crippen molar-refractivity contribution in [2.45, 2.75) is 13.5 Å². The molecule has 0 aliphatic heterocycles. The summed E-state index contributed by atoms with van der Waals surface area (Å²) in [4.78, 5) is 12.1. The minimum absolute atomic E-state index is 0.241. The first-order valence-corrected chi connectivity index (χ1v) is 6.38. The molecule has 106 valence electrons. The lowest BCUT2D eigenvalue weighted by Gasteiger charge is -2.09. The van der Waals surface area contributed by atoms with Crippen LogP contribution in [0, 0.1) is 0 Å². The van der Waals surface area contributed by atoms with Crippen LogP contribution in [-0.2, 0) is 6.54 Å². The van der Waals surface area contributed by atoms with Crippen LogP contribution in [0.5, 0.6) is 5.75 Å². The summed E-state index contributed by atoms with van der Waals surface area (Å²) in [7, 11) is 0. The van der Waals surface area contributed by atoms with Gasteiger partial charge in [0.25, 0.3) is 5.91 Å². The van der Waals surface area contributed by atoms with E-state index in [1.54, 1.807) is 18.3 Å². The van der Waals surface area contributed by atoms with Gasteiger partial charge in [0.1, 0.15) is 5.75 Å². The third-order valence-electron chi connectivity index (χ3n) is 2.56. The van der Waals surface area contributed by atoms with E-state index in [0.717, 1.165) is 0 Å². The summed E-state index contributed by atoms with van der Waals surface area (Å²) in [5.41, 5.74) is 6.26. The maximum Gasteiger partial charge on any atom is 0.277 e. The lowest BCUT2D eigenvalue weighted by atomic mass is 10.3. The molecule has 0 fully saturated rings. The standard InChI is InChI=1S/C13H17N5O2/c1-2-20-12-6-4-3-5-10(12)15-13(19)11-9-18(8-7-14)17-16-11/h3-6,9H,2,7-8,14H2,1H3,(H,15,19). The first-order valence-electron chi connectivity index (χ1n) is 6.38. The van der Waals surface area contributed by atoms with E-state index in [2.05, 4.69) is 15.6 Å². The average Bonchev–Trinajstić information content (AvgIpc) is 2.90. The Kier molecular flexibility index (Phi) is 4.67. The van der Waals surface area contributed by atoms with Gasteiger partial charge in [-0.3, -0.25) is 9.48 Å². The second-order valence-electron chi connectivity index (χ2n) is 4.04. The minimum atomic E-state index is -0.333. The molecule has 2 rings (SSSR count). The van der Waals surface area contributed by atoms with E-state index < -0.39 is 0 Å². The molecular weight excluding hydrogens is 258 g/mol.